The second kappa shape index (κ2) is 9.55. The Hall–Kier alpha value is -3.35. The maximum atomic E-state index is 12.2. The lowest BCUT2D eigenvalue weighted by Crippen LogP contribution is -2.37. The Balaban J connectivity index is 1.84. The summed E-state index contributed by atoms with van der Waals surface area (Å²) in [4.78, 5) is 37.1. The molecule has 0 saturated carbocycles. The molecule has 7 nitrogen and oxygen atoms in total. The van der Waals surface area contributed by atoms with Crippen LogP contribution in [-0.2, 0) is 14.3 Å². The molecule has 0 saturated heterocycles. The van der Waals surface area contributed by atoms with E-state index in [1.54, 1.807) is 24.3 Å². The van der Waals surface area contributed by atoms with Crippen molar-refractivity contribution in [1.29, 1.82) is 0 Å². The van der Waals surface area contributed by atoms with Crippen LogP contribution < -0.4 is 10.1 Å². The van der Waals surface area contributed by atoms with Crippen LogP contribution in [0.1, 0.15) is 21.5 Å². The number of hydrogen-bond acceptors (Lipinski definition) is 5. The number of ether oxygens (including phenoxy) is 2. The molecule has 0 radical (unpaired) electrons. The lowest BCUT2D eigenvalue weighted by molar-refractivity contribution is -0.135. The van der Waals surface area contributed by atoms with Gasteiger partial charge in [0.2, 0.25) is 5.91 Å². The average Bonchev–Trinajstić information content (AvgIpc) is 2.68. The zero-order chi connectivity index (χ0) is 20.7. The normalized spacial score (nSPS) is 10.1. The molecule has 2 rings (SSSR count). The molecule has 0 aliphatic carbocycles. The number of nitrogens with one attached hydrogen (secondary N) is 1. The van der Waals surface area contributed by atoms with E-state index in [1.807, 2.05) is 32.0 Å². The highest BCUT2D eigenvalue weighted by atomic mass is 16.5. The molecule has 0 bridgehead atoms. The van der Waals surface area contributed by atoms with Crippen LogP contribution in [0, 0.1) is 13.8 Å². The molecule has 0 heterocycles. The van der Waals surface area contributed by atoms with Crippen LogP contribution in [0.25, 0.3) is 0 Å². The van der Waals surface area contributed by atoms with Crippen molar-refractivity contribution in [1.82, 2.24) is 4.90 Å². The summed E-state index contributed by atoms with van der Waals surface area (Å²) in [7, 11) is 2.84. The van der Waals surface area contributed by atoms with Crippen molar-refractivity contribution in [2.45, 2.75) is 13.8 Å². The van der Waals surface area contributed by atoms with E-state index in [0.29, 0.717) is 11.3 Å². The van der Waals surface area contributed by atoms with Gasteiger partial charge >= 0.3 is 5.97 Å². The van der Waals surface area contributed by atoms with Gasteiger partial charge in [-0.25, -0.2) is 4.79 Å². The summed E-state index contributed by atoms with van der Waals surface area (Å²) < 4.78 is 10.0. The fourth-order valence-electron chi connectivity index (χ4n) is 2.42. The number of aryl methyl sites for hydroxylation is 2. The quantitative estimate of drug-likeness (QED) is 0.742. The summed E-state index contributed by atoms with van der Waals surface area (Å²) in [6, 6.07) is 12.0. The second-order valence-electron chi connectivity index (χ2n) is 6.42. The Morgan fingerprint density at radius 1 is 1.04 bits per heavy atom. The molecular weight excluding hydrogens is 360 g/mol. The molecule has 0 fully saturated rings. The topological polar surface area (TPSA) is 84.9 Å². The molecule has 7 heteroatoms. The summed E-state index contributed by atoms with van der Waals surface area (Å²) in [5.41, 5.74) is 3.11. The van der Waals surface area contributed by atoms with Gasteiger partial charge in [-0.2, -0.15) is 0 Å². The minimum atomic E-state index is -0.447. The van der Waals surface area contributed by atoms with Gasteiger partial charge in [0.1, 0.15) is 5.75 Å². The lowest BCUT2D eigenvalue weighted by Gasteiger charge is -2.18. The van der Waals surface area contributed by atoms with E-state index in [9.17, 15) is 14.4 Å². The second-order valence-corrected chi connectivity index (χ2v) is 6.42. The van der Waals surface area contributed by atoms with Gasteiger partial charge in [-0.1, -0.05) is 12.1 Å². The highest BCUT2D eigenvalue weighted by Gasteiger charge is 2.15. The summed E-state index contributed by atoms with van der Waals surface area (Å²) in [6.07, 6.45) is 0. The number of esters is 1. The third kappa shape index (κ3) is 5.84. The summed E-state index contributed by atoms with van der Waals surface area (Å²) >= 11 is 0. The van der Waals surface area contributed by atoms with Crippen LogP contribution in [0.2, 0.25) is 0 Å². The van der Waals surface area contributed by atoms with Crippen molar-refractivity contribution in [3.8, 4) is 5.75 Å². The van der Waals surface area contributed by atoms with Crippen LogP contribution in [0.5, 0.6) is 5.75 Å². The largest absolute Gasteiger partial charge is 0.484 e. The summed E-state index contributed by atoms with van der Waals surface area (Å²) in [6.45, 7) is 3.55. The zero-order valence-electron chi connectivity index (χ0n) is 16.4. The maximum Gasteiger partial charge on any atom is 0.337 e. The number of carbonyl (C=O) groups excluding carboxylic acids is 3. The highest BCUT2D eigenvalue weighted by Crippen LogP contribution is 2.16. The fraction of sp³-hybridized carbons (Fsp3) is 0.286. The van der Waals surface area contributed by atoms with Crippen LogP contribution in [-0.4, -0.2) is 50.0 Å². The summed E-state index contributed by atoms with van der Waals surface area (Å²) in [5, 5.41) is 2.82. The van der Waals surface area contributed by atoms with E-state index in [0.717, 1.165) is 16.8 Å². The maximum absolute atomic E-state index is 12.2. The van der Waals surface area contributed by atoms with Crippen LogP contribution in [0.4, 0.5) is 5.69 Å². The Morgan fingerprint density at radius 3 is 2.36 bits per heavy atom. The molecule has 2 amide bonds. The Labute approximate surface area is 164 Å². The minimum Gasteiger partial charge on any atom is -0.484 e. The SMILES string of the molecule is COC(=O)c1ccc(OCC(=O)N(C)CC(=O)Nc2cc(C)ccc2C)cc1. The van der Waals surface area contributed by atoms with E-state index in [1.165, 1.54) is 19.1 Å². The van der Waals surface area contributed by atoms with Gasteiger partial charge in [-0.05, 0) is 55.3 Å². The average molecular weight is 384 g/mol. The predicted molar refractivity (Wildman–Crippen MR) is 105 cm³/mol. The Bertz CT molecular complexity index is 862. The molecule has 148 valence electrons. The molecular formula is C21H24N2O5. The molecule has 0 spiro atoms. The van der Waals surface area contributed by atoms with E-state index in [-0.39, 0.29) is 25.0 Å². The molecule has 1 N–H and O–H groups in total. The number of carbonyl (C=O) groups is 3. The Kier molecular flexibility index (Phi) is 7.14. The molecule has 28 heavy (non-hydrogen) atoms. The lowest BCUT2D eigenvalue weighted by atomic mass is 10.1. The van der Waals surface area contributed by atoms with Gasteiger partial charge < -0.3 is 19.7 Å². The molecule has 2 aromatic carbocycles. The smallest absolute Gasteiger partial charge is 0.337 e. The fourth-order valence-corrected chi connectivity index (χ4v) is 2.42. The van der Waals surface area contributed by atoms with Crippen molar-refractivity contribution in [3.63, 3.8) is 0 Å². The van der Waals surface area contributed by atoms with Gasteiger partial charge in [0, 0.05) is 12.7 Å². The highest BCUT2D eigenvalue weighted by molar-refractivity contribution is 5.95. The molecule has 0 aromatic heterocycles. The van der Waals surface area contributed by atoms with Gasteiger partial charge in [0.05, 0.1) is 19.2 Å². The Morgan fingerprint density at radius 2 is 1.71 bits per heavy atom. The van der Waals surface area contributed by atoms with Crippen LogP contribution >= 0.6 is 0 Å². The summed E-state index contributed by atoms with van der Waals surface area (Å²) in [5.74, 6) is -0.633. The molecule has 0 aliphatic heterocycles. The monoisotopic (exact) mass is 384 g/mol. The predicted octanol–water partition coefficient (Wildman–Crippen LogP) is 2.57. The number of nitrogens with zero attached hydrogens (tertiary/aromatic N) is 1. The zero-order valence-corrected chi connectivity index (χ0v) is 16.4. The third-order valence-corrected chi connectivity index (χ3v) is 4.11. The van der Waals surface area contributed by atoms with Crippen molar-refractivity contribution >= 4 is 23.5 Å². The van der Waals surface area contributed by atoms with E-state index >= 15 is 0 Å². The third-order valence-electron chi connectivity index (χ3n) is 4.11. The van der Waals surface area contributed by atoms with E-state index < -0.39 is 5.97 Å². The first-order chi connectivity index (χ1) is 13.3. The van der Waals surface area contributed by atoms with Gasteiger partial charge in [0.25, 0.3) is 5.91 Å². The number of hydrogen-bond donors (Lipinski definition) is 1. The van der Waals surface area contributed by atoms with Crippen molar-refractivity contribution in [2.75, 3.05) is 32.6 Å². The van der Waals surface area contributed by atoms with Crippen LogP contribution in [0.15, 0.2) is 42.5 Å². The van der Waals surface area contributed by atoms with Crippen LogP contribution in [0.3, 0.4) is 0 Å². The standard InChI is InChI=1S/C21H24N2O5/c1-14-5-6-15(2)18(11-14)22-19(24)12-23(3)20(25)13-28-17-9-7-16(8-10-17)21(26)27-4/h5-11H,12-13H2,1-4H3,(H,22,24). The van der Waals surface area contributed by atoms with Crippen molar-refractivity contribution in [2.24, 2.45) is 0 Å². The number of likely N-dealkylation sites (N-methyl/N-ethyl adjacent to an activating group) is 1. The molecule has 2 aromatic rings. The number of benzene rings is 2. The van der Waals surface area contributed by atoms with E-state index in [2.05, 4.69) is 10.1 Å². The number of anilines is 1. The van der Waals surface area contributed by atoms with E-state index in [4.69, 9.17) is 4.74 Å². The number of methoxy groups -OCH3 is 1. The first-order valence-corrected chi connectivity index (χ1v) is 8.72. The first kappa shape index (κ1) is 21.0. The number of amides is 2. The molecule has 0 atom stereocenters. The molecule has 0 unspecified atom stereocenters. The van der Waals surface area contributed by atoms with Crippen molar-refractivity contribution in [3.05, 3.63) is 59.2 Å². The van der Waals surface area contributed by atoms with Gasteiger partial charge in [-0.15, -0.1) is 0 Å². The van der Waals surface area contributed by atoms with Gasteiger partial charge in [0.15, 0.2) is 6.61 Å². The van der Waals surface area contributed by atoms with Gasteiger partial charge in [-0.3, -0.25) is 9.59 Å². The number of rotatable bonds is 7. The first-order valence-electron chi connectivity index (χ1n) is 8.72. The minimum absolute atomic E-state index is 0.0865. The van der Waals surface area contributed by atoms with Crippen molar-refractivity contribution < 1.29 is 23.9 Å². The molecule has 0 aliphatic rings.